The van der Waals surface area contributed by atoms with Gasteiger partial charge in [-0.3, -0.25) is 4.79 Å². The van der Waals surface area contributed by atoms with E-state index in [1.807, 2.05) is 25.1 Å². The summed E-state index contributed by atoms with van der Waals surface area (Å²) < 4.78 is 0.971. The highest BCUT2D eigenvalue weighted by Gasteiger charge is 2.34. The third kappa shape index (κ3) is 3.30. The number of benzene rings is 1. The van der Waals surface area contributed by atoms with Crippen molar-refractivity contribution in [2.24, 2.45) is 5.73 Å². The summed E-state index contributed by atoms with van der Waals surface area (Å²) in [5.74, 6) is 0.00435. The van der Waals surface area contributed by atoms with E-state index in [0.29, 0.717) is 6.42 Å². The van der Waals surface area contributed by atoms with Crippen molar-refractivity contribution in [2.75, 3.05) is 5.32 Å². The molecule has 92 valence electrons. The molecule has 1 saturated carbocycles. The third-order valence-corrected chi connectivity index (χ3v) is 3.65. The Morgan fingerprint density at radius 1 is 1.47 bits per heavy atom. The second-order valence-electron chi connectivity index (χ2n) is 4.96. The molecule has 0 saturated heterocycles. The van der Waals surface area contributed by atoms with E-state index in [2.05, 4.69) is 21.2 Å². The zero-order valence-electron chi connectivity index (χ0n) is 9.92. The molecule has 0 bridgehead atoms. The summed E-state index contributed by atoms with van der Waals surface area (Å²) in [6.45, 7) is 2.00. The molecule has 1 aromatic carbocycles. The number of halogens is 1. The molecule has 3 N–H and O–H groups in total. The van der Waals surface area contributed by atoms with Gasteiger partial charge in [0.15, 0.2) is 0 Å². The first kappa shape index (κ1) is 12.6. The van der Waals surface area contributed by atoms with Crippen molar-refractivity contribution < 1.29 is 4.79 Å². The van der Waals surface area contributed by atoms with Crippen molar-refractivity contribution >= 4 is 27.5 Å². The SMILES string of the molecule is Cc1cc(Br)cc(NC(=O)CC2(N)CCC2)c1. The summed E-state index contributed by atoms with van der Waals surface area (Å²) in [6, 6.07) is 5.85. The maximum atomic E-state index is 11.8. The molecular weight excluding hydrogens is 280 g/mol. The minimum Gasteiger partial charge on any atom is -0.326 e. The molecule has 2 rings (SSSR count). The summed E-state index contributed by atoms with van der Waals surface area (Å²) in [5.41, 5.74) is 7.72. The molecule has 0 aliphatic heterocycles. The van der Waals surface area contributed by atoms with Crippen molar-refractivity contribution in [2.45, 2.75) is 38.1 Å². The van der Waals surface area contributed by atoms with E-state index in [4.69, 9.17) is 5.73 Å². The van der Waals surface area contributed by atoms with Gasteiger partial charge in [0.05, 0.1) is 0 Å². The van der Waals surface area contributed by atoms with Gasteiger partial charge in [-0.25, -0.2) is 0 Å². The first-order valence-electron chi connectivity index (χ1n) is 5.83. The normalized spacial score (nSPS) is 17.4. The minimum absolute atomic E-state index is 0.00435. The van der Waals surface area contributed by atoms with Crippen LogP contribution in [-0.2, 0) is 4.79 Å². The van der Waals surface area contributed by atoms with E-state index >= 15 is 0 Å². The number of amides is 1. The van der Waals surface area contributed by atoms with E-state index in [1.165, 1.54) is 0 Å². The van der Waals surface area contributed by atoms with Crippen LogP contribution in [0.2, 0.25) is 0 Å². The lowest BCUT2D eigenvalue weighted by Crippen LogP contribution is -2.48. The molecule has 0 aromatic heterocycles. The highest BCUT2D eigenvalue weighted by Crippen LogP contribution is 2.32. The summed E-state index contributed by atoms with van der Waals surface area (Å²) in [7, 11) is 0. The number of nitrogens with two attached hydrogens (primary N) is 1. The summed E-state index contributed by atoms with van der Waals surface area (Å²) in [5, 5.41) is 2.90. The number of anilines is 1. The lowest BCUT2D eigenvalue weighted by Gasteiger charge is -2.37. The maximum absolute atomic E-state index is 11.8. The van der Waals surface area contributed by atoms with Crippen LogP contribution in [0.15, 0.2) is 22.7 Å². The fourth-order valence-electron chi connectivity index (χ4n) is 2.14. The van der Waals surface area contributed by atoms with E-state index in [1.54, 1.807) is 0 Å². The number of aryl methyl sites for hydroxylation is 1. The molecule has 3 nitrogen and oxygen atoms in total. The van der Waals surface area contributed by atoms with E-state index in [-0.39, 0.29) is 11.4 Å². The highest BCUT2D eigenvalue weighted by atomic mass is 79.9. The minimum atomic E-state index is -0.259. The Morgan fingerprint density at radius 2 is 2.18 bits per heavy atom. The average Bonchev–Trinajstić information content (AvgIpc) is 2.12. The van der Waals surface area contributed by atoms with Gasteiger partial charge in [0, 0.05) is 22.1 Å². The van der Waals surface area contributed by atoms with Gasteiger partial charge in [-0.2, -0.15) is 0 Å². The largest absolute Gasteiger partial charge is 0.326 e. The van der Waals surface area contributed by atoms with Crippen LogP contribution >= 0.6 is 15.9 Å². The number of carbonyl (C=O) groups excluding carboxylic acids is 1. The molecule has 1 aliphatic rings. The monoisotopic (exact) mass is 296 g/mol. The Morgan fingerprint density at radius 3 is 2.71 bits per heavy atom. The number of carbonyl (C=O) groups is 1. The summed E-state index contributed by atoms with van der Waals surface area (Å²) in [6.07, 6.45) is 3.47. The number of rotatable bonds is 3. The topological polar surface area (TPSA) is 55.1 Å². The molecule has 0 heterocycles. The molecule has 1 aromatic rings. The van der Waals surface area contributed by atoms with Crippen LogP contribution in [0.25, 0.3) is 0 Å². The van der Waals surface area contributed by atoms with Crippen molar-refractivity contribution in [3.05, 3.63) is 28.2 Å². The third-order valence-electron chi connectivity index (χ3n) is 3.19. The Labute approximate surface area is 110 Å². The standard InChI is InChI=1S/C13H17BrN2O/c1-9-5-10(14)7-11(6-9)16-12(17)8-13(15)3-2-4-13/h5-7H,2-4,8,15H2,1H3,(H,16,17). The first-order valence-corrected chi connectivity index (χ1v) is 6.62. The highest BCUT2D eigenvalue weighted by molar-refractivity contribution is 9.10. The first-order chi connectivity index (χ1) is 7.97. The Hall–Kier alpha value is -0.870. The lowest BCUT2D eigenvalue weighted by molar-refractivity contribution is -0.118. The quantitative estimate of drug-likeness (QED) is 0.901. The van der Waals surface area contributed by atoms with Gasteiger partial charge in [-0.05, 0) is 49.9 Å². The summed E-state index contributed by atoms with van der Waals surface area (Å²) >= 11 is 3.41. The molecule has 17 heavy (non-hydrogen) atoms. The van der Waals surface area contributed by atoms with Gasteiger partial charge in [0.25, 0.3) is 0 Å². The van der Waals surface area contributed by atoms with Gasteiger partial charge in [0.2, 0.25) is 5.91 Å². The average molecular weight is 297 g/mol. The number of hydrogen-bond acceptors (Lipinski definition) is 2. The smallest absolute Gasteiger partial charge is 0.226 e. The van der Waals surface area contributed by atoms with Crippen LogP contribution in [0, 0.1) is 6.92 Å². The van der Waals surface area contributed by atoms with Crippen molar-refractivity contribution in [3.8, 4) is 0 Å². The van der Waals surface area contributed by atoms with Crippen LogP contribution in [0.1, 0.15) is 31.2 Å². The van der Waals surface area contributed by atoms with Crippen LogP contribution in [0.3, 0.4) is 0 Å². The van der Waals surface area contributed by atoms with Crippen LogP contribution in [0.5, 0.6) is 0 Å². The fraction of sp³-hybridized carbons (Fsp3) is 0.462. The molecule has 0 radical (unpaired) electrons. The van der Waals surface area contributed by atoms with Crippen molar-refractivity contribution in [3.63, 3.8) is 0 Å². The Balaban J connectivity index is 1.98. The van der Waals surface area contributed by atoms with Gasteiger partial charge in [-0.1, -0.05) is 15.9 Å². The van der Waals surface area contributed by atoms with E-state index < -0.39 is 0 Å². The zero-order chi connectivity index (χ0) is 12.5. The molecular formula is C13H17BrN2O. The van der Waals surface area contributed by atoms with Gasteiger partial charge < -0.3 is 11.1 Å². The predicted molar refractivity (Wildman–Crippen MR) is 72.9 cm³/mol. The second kappa shape index (κ2) is 4.78. The van der Waals surface area contributed by atoms with Gasteiger partial charge in [-0.15, -0.1) is 0 Å². The van der Waals surface area contributed by atoms with Crippen molar-refractivity contribution in [1.82, 2.24) is 0 Å². The second-order valence-corrected chi connectivity index (χ2v) is 5.87. The predicted octanol–water partition coefficient (Wildman–Crippen LogP) is 2.97. The van der Waals surface area contributed by atoms with Crippen LogP contribution < -0.4 is 11.1 Å². The van der Waals surface area contributed by atoms with Crippen LogP contribution in [0.4, 0.5) is 5.69 Å². The molecule has 0 unspecified atom stereocenters. The molecule has 1 aliphatic carbocycles. The van der Waals surface area contributed by atoms with E-state index in [9.17, 15) is 4.79 Å². The fourth-order valence-corrected chi connectivity index (χ4v) is 2.75. The maximum Gasteiger partial charge on any atom is 0.226 e. The Kier molecular flexibility index (Phi) is 3.54. The van der Waals surface area contributed by atoms with Gasteiger partial charge in [0.1, 0.15) is 0 Å². The molecule has 0 atom stereocenters. The molecule has 1 amide bonds. The van der Waals surface area contributed by atoms with Crippen molar-refractivity contribution in [1.29, 1.82) is 0 Å². The Bertz CT molecular complexity index is 421. The number of hydrogen-bond donors (Lipinski definition) is 2. The lowest BCUT2D eigenvalue weighted by atomic mass is 9.75. The van der Waals surface area contributed by atoms with E-state index in [0.717, 1.165) is 35.0 Å². The molecule has 4 heteroatoms. The van der Waals surface area contributed by atoms with Crippen LogP contribution in [-0.4, -0.2) is 11.4 Å². The van der Waals surface area contributed by atoms with Gasteiger partial charge >= 0.3 is 0 Å². The number of nitrogens with one attached hydrogen (secondary N) is 1. The summed E-state index contributed by atoms with van der Waals surface area (Å²) in [4.78, 5) is 11.8. The zero-order valence-corrected chi connectivity index (χ0v) is 11.5. The molecule has 1 fully saturated rings. The molecule has 0 spiro atoms.